The fourth-order valence-electron chi connectivity index (χ4n) is 1.13. The summed E-state index contributed by atoms with van der Waals surface area (Å²) < 4.78 is 0. The Balaban J connectivity index is 2.36. The Morgan fingerprint density at radius 1 is 1.30 bits per heavy atom. The molecular weight excluding hydrogens is 159 g/mol. The van der Waals surface area contributed by atoms with Crippen LogP contribution >= 0.6 is 18.5 Å². The number of rotatable bonds is 2. The zero-order valence-corrected chi connectivity index (χ0v) is 8.69. The third kappa shape index (κ3) is 2.00. The fourth-order valence-corrected chi connectivity index (χ4v) is 6.19. The monoisotopic (exact) mass is 174 g/mol. The minimum absolute atomic E-state index is 0.319. The molecule has 0 saturated heterocycles. The van der Waals surface area contributed by atoms with Gasteiger partial charge < -0.3 is 0 Å². The Labute approximate surface area is 69.0 Å². The Morgan fingerprint density at radius 3 is 2.20 bits per heavy atom. The second kappa shape index (κ2) is 3.78. The van der Waals surface area contributed by atoms with E-state index >= 15 is 0 Å². The molecule has 0 unspecified atom stereocenters. The SMILES string of the molecule is CCSP1CC(C)=C(C)C1. The lowest BCUT2D eigenvalue weighted by Gasteiger charge is -2.06. The van der Waals surface area contributed by atoms with Crippen LogP contribution in [0, 0.1) is 0 Å². The van der Waals surface area contributed by atoms with Crippen LogP contribution in [0.3, 0.4) is 0 Å². The zero-order chi connectivity index (χ0) is 7.56. The van der Waals surface area contributed by atoms with Gasteiger partial charge in [-0.2, -0.15) is 0 Å². The summed E-state index contributed by atoms with van der Waals surface area (Å²) >= 11 is 2.17. The summed E-state index contributed by atoms with van der Waals surface area (Å²) in [6.45, 7) is 6.83. The van der Waals surface area contributed by atoms with Gasteiger partial charge in [-0.1, -0.05) is 18.1 Å². The first-order chi connectivity index (χ1) is 4.74. The van der Waals surface area contributed by atoms with Crippen molar-refractivity contribution >= 4 is 18.5 Å². The maximum Gasteiger partial charge on any atom is -0.00190 e. The van der Waals surface area contributed by atoms with Crippen LogP contribution in [0.15, 0.2) is 11.1 Å². The lowest BCUT2D eigenvalue weighted by atomic mass is 10.2. The molecule has 58 valence electrons. The molecule has 10 heavy (non-hydrogen) atoms. The summed E-state index contributed by atoms with van der Waals surface area (Å²) in [7, 11) is 0.319. The molecule has 0 nitrogen and oxygen atoms in total. The molecule has 1 heterocycles. The van der Waals surface area contributed by atoms with Crippen LogP contribution in [-0.4, -0.2) is 18.1 Å². The van der Waals surface area contributed by atoms with E-state index in [0.717, 1.165) is 0 Å². The van der Waals surface area contributed by atoms with Gasteiger partial charge in [0.05, 0.1) is 0 Å². The quantitative estimate of drug-likeness (QED) is 0.456. The first-order valence-electron chi connectivity index (χ1n) is 3.77. The summed E-state index contributed by atoms with van der Waals surface area (Å²) in [6, 6.07) is 0. The molecule has 0 saturated carbocycles. The number of hydrogen-bond donors (Lipinski definition) is 0. The molecule has 1 aliphatic heterocycles. The fraction of sp³-hybridized carbons (Fsp3) is 0.750. The van der Waals surface area contributed by atoms with E-state index in [-0.39, 0.29) is 0 Å². The lowest BCUT2D eigenvalue weighted by molar-refractivity contribution is 1.29. The molecule has 0 spiro atoms. The van der Waals surface area contributed by atoms with Crippen LogP contribution in [0.4, 0.5) is 0 Å². The molecule has 0 aromatic carbocycles. The van der Waals surface area contributed by atoms with Crippen molar-refractivity contribution in [2.75, 3.05) is 18.1 Å². The minimum atomic E-state index is 0.319. The van der Waals surface area contributed by atoms with Gasteiger partial charge in [-0.3, -0.25) is 0 Å². The van der Waals surface area contributed by atoms with Gasteiger partial charge in [0.25, 0.3) is 0 Å². The third-order valence-electron chi connectivity index (χ3n) is 1.87. The summed E-state index contributed by atoms with van der Waals surface area (Å²) in [5.41, 5.74) is 3.32. The molecule has 0 N–H and O–H groups in total. The van der Waals surface area contributed by atoms with Gasteiger partial charge in [0.1, 0.15) is 0 Å². The molecule has 0 amide bonds. The van der Waals surface area contributed by atoms with Crippen molar-refractivity contribution < 1.29 is 0 Å². The lowest BCUT2D eigenvalue weighted by Crippen LogP contribution is -1.74. The normalized spacial score (nSPS) is 20.7. The molecule has 0 aromatic rings. The Kier molecular flexibility index (Phi) is 3.26. The standard InChI is InChI=1S/C8H15PS/c1-4-10-9-5-7(2)8(3)6-9/h4-6H2,1-3H3. The minimum Gasteiger partial charge on any atom is -0.134 e. The average Bonchev–Trinajstić information content (AvgIpc) is 2.14. The highest BCUT2D eigenvalue weighted by Gasteiger charge is 2.17. The summed E-state index contributed by atoms with van der Waals surface area (Å²) in [5, 5.41) is 0. The Hall–Kier alpha value is 0.520. The number of allylic oxidation sites excluding steroid dienone is 2. The second-order valence-electron chi connectivity index (χ2n) is 2.78. The van der Waals surface area contributed by atoms with Crippen LogP contribution in [0.1, 0.15) is 20.8 Å². The largest absolute Gasteiger partial charge is 0.134 e. The van der Waals surface area contributed by atoms with E-state index in [0.29, 0.717) is 7.12 Å². The maximum atomic E-state index is 2.29. The molecule has 0 atom stereocenters. The van der Waals surface area contributed by atoms with Gasteiger partial charge in [0, 0.05) is 0 Å². The first kappa shape index (κ1) is 8.62. The molecule has 2 heteroatoms. The van der Waals surface area contributed by atoms with E-state index in [2.05, 4.69) is 32.2 Å². The van der Waals surface area contributed by atoms with Gasteiger partial charge in [0.2, 0.25) is 0 Å². The molecule has 1 aliphatic rings. The summed E-state index contributed by atoms with van der Waals surface area (Å²) in [4.78, 5) is 0. The molecular formula is C8H15PS. The molecule has 0 radical (unpaired) electrons. The van der Waals surface area contributed by atoms with Gasteiger partial charge >= 0.3 is 0 Å². The van der Waals surface area contributed by atoms with E-state index in [9.17, 15) is 0 Å². The van der Waals surface area contributed by atoms with Crippen LogP contribution < -0.4 is 0 Å². The van der Waals surface area contributed by atoms with E-state index in [1.165, 1.54) is 18.1 Å². The molecule has 1 rings (SSSR count). The highest BCUT2D eigenvalue weighted by Crippen LogP contribution is 2.56. The predicted octanol–water partition coefficient (Wildman–Crippen LogP) is 3.49. The van der Waals surface area contributed by atoms with Crippen LogP contribution in [0.2, 0.25) is 0 Å². The van der Waals surface area contributed by atoms with Crippen molar-refractivity contribution in [1.82, 2.24) is 0 Å². The predicted molar refractivity (Wildman–Crippen MR) is 53.2 cm³/mol. The van der Waals surface area contributed by atoms with Crippen molar-refractivity contribution in [1.29, 1.82) is 0 Å². The molecule has 0 aromatic heterocycles. The van der Waals surface area contributed by atoms with E-state index in [1.54, 1.807) is 11.1 Å². The Morgan fingerprint density at radius 2 is 1.80 bits per heavy atom. The Bertz CT molecular complexity index is 137. The van der Waals surface area contributed by atoms with Crippen molar-refractivity contribution in [3.05, 3.63) is 11.1 Å². The van der Waals surface area contributed by atoms with Crippen LogP contribution in [-0.2, 0) is 0 Å². The molecule has 0 fully saturated rings. The first-order valence-corrected chi connectivity index (χ1v) is 7.07. The third-order valence-corrected chi connectivity index (χ3v) is 6.79. The van der Waals surface area contributed by atoms with E-state index in [1.807, 2.05) is 0 Å². The average molecular weight is 174 g/mol. The van der Waals surface area contributed by atoms with E-state index < -0.39 is 0 Å². The highest BCUT2D eigenvalue weighted by molar-refractivity contribution is 8.55. The van der Waals surface area contributed by atoms with Gasteiger partial charge in [-0.25, -0.2) is 0 Å². The van der Waals surface area contributed by atoms with E-state index in [4.69, 9.17) is 0 Å². The van der Waals surface area contributed by atoms with Crippen molar-refractivity contribution in [2.45, 2.75) is 20.8 Å². The zero-order valence-electron chi connectivity index (χ0n) is 6.98. The van der Waals surface area contributed by atoms with Gasteiger partial charge in [0.15, 0.2) is 0 Å². The maximum absolute atomic E-state index is 2.29. The summed E-state index contributed by atoms with van der Waals surface area (Å²) in [5.74, 6) is 1.30. The van der Waals surface area contributed by atoms with Crippen LogP contribution in [0.25, 0.3) is 0 Å². The molecule has 0 aliphatic carbocycles. The van der Waals surface area contributed by atoms with Crippen LogP contribution in [0.5, 0.6) is 0 Å². The highest BCUT2D eigenvalue weighted by atomic mass is 32.7. The topological polar surface area (TPSA) is 0 Å². The van der Waals surface area contributed by atoms with Gasteiger partial charge in [-0.05, 0) is 39.0 Å². The van der Waals surface area contributed by atoms with Crippen molar-refractivity contribution in [3.63, 3.8) is 0 Å². The summed E-state index contributed by atoms with van der Waals surface area (Å²) in [6.07, 6.45) is 2.80. The van der Waals surface area contributed by atoms with Gasteiger partial charge in [-0.15, -0.1) is 11.4 Å². The van der Waals surface area contributed by atoms with Crippen molar-refractivity contribution in [2.24, 2.45) is 0 Å². The van der Waals surface area contributed by atoms with Crippen molar-refractivity contribution in [3.8, 4) is 0 Å². The number of hydrogen-bond acceptors (Lipinski definition) is 1. The second-order valence-corrected chi connectivity index (χ2v) is 7.53. The smallest absolute Gasteiger partial charge is 0.00190 e. The molecule has 0 bridgehead atoms.